The molecular weight excluding hydrogens is 312 g/mol. The van der Waals surface area contributed by atoms with Gasteiger partial charge in [0.25, 0.3) is 0 Å². The van der Waals surface area contributed by atoms with E-state index in [1.807, 2.05) is 48.5 Å². The Morgan fingerprint density at radius 2 is 1.88 bits per heavy atom. The summed E-state index contributed by atoms with van der Waals surface area (Å²) in [6.45, 7) is 0. The van der Waals surface area contributed by atoms with Crippen molar-refractivity contribution < 1.29 is 9.21 Å². The van der Waals surface area contributed by atoms with Crippen LogP contribution in [0.3, 0.4) is 0 Å². The van der Waals surface area contributed by atoms with Crippen molar-refractivity contribution >= 4 is 16.7 Å². The molecule has 0 fully saturated rings. The van der Waals surface area contributed by atoms with Crippen LogP contribution in [0.2, 0.25) is 0 Å². The van der Waals surface area contributed by atoms with E-state index in [9.17, 15) is 4.79 Å². The summed E-state index contributed by atoms with van der Waals surface area (Å²) in [5, 5.41) is 0.990. The Kier molecular flexibility index (Phi) is 4.09. The highest BCUT2D eigenvalue weighted by Gasteiger charge is 2.16. The third kappa shape index (κ3) is 3.19. The van der Waals surface area contributed by atoms with Crippen LogP contribution < -0.4 is 0 Å². The first-order chi connectivity index (χ1) is 12.3. The first kappa shape index (κ1) is 15.3. The zero-order chi connectivity index (χ0) is 17.1. The fraction of sp³-hybridized carbons (Fsp3) is 0.0952. The van der Waals surface area contributed by atoms with Crippen LogP contribution in [0.25, 0.3) is 22.2 Å². The molecule has 3 aromatic heterocycles. The van der Waals surface area contributed by atoms with Gasteiger partial charge in [-0.15, -0.1) is 0 Å². The molecule has 4 aromatic rings. The molecule has 0 aliphatic heterocycles. The maximum atomic E-state index is 12.6. The number of ketones is 1. The third-order valence-electron chi connectivity index (χ3n) is 4.13. The number of furan rings is 1. The van der Waals surface area contributed by atoms with Gasteiger partial charge in [0.15, 0.2) is 0 Å². The Hall–Kier alpha value is -3.27. The van der Waals surface area contributed by atoms with E-state index < -0.39 is 0 Å². The van der Waals surface area contributed by atoms with E-state index in [2.05, 4.69) is 9.97 Å². The standard InChI is InChI=1S/C21H16N2O2/c24-17(11-15-5-3-9-22-13-15)12-16-14-23-19-7-2-1-6-18(19)21(16)20-8-4-10-25-20/h1-10,13-14H,11-12H2. The second kappa shape index (κ2) is 6.69. The molecule has 0 unspecified atom stereocenters. The van der Waals surface area contributed by atoms with Gasteiger partial charge in [-0.3, -0.25) is 14.8 Å². The van der Waals surface area contributed by atoms with Crippen molar-refractivity contribution in [2.75, 3.05) is 0 Å². The van der Waals surface area contributed by atoms with Gasteiger partial charge in [-0.25, -0.2) is 0 Å². The van der Waals surface area contributed by atoms with Crippen LogP contribution in [-0.4, -0.2) is 15.8 Å². The van der Waals surface area contributed by atoms with Gasteiger partial charge in [0.05, 0.1) is 11.8 Å². The highest BCUT2D eigenvalue weighted by Crippen LogP contribution is 2.31. The van der Waals surface area contributed by atoms with Crippen LogP contribution >= 0.6 is 0 Å². The summed E-state index contributed by atoms with van der Waals surface area (Å²) in [7, 11) is 0. The summed E-state index contributed by atoms with van der Waals surface area (Å²) >= 11 is 0. The maximum absolute atomic E-state index is 12.6. The molecule has 0 N–H and O–H groups in total. The molecule has 0 aliphatic carbocycles. The number of hydrogen-bond donors (Lipinski definition) is 0. The lowest BCUT2D eigenvalue weighted by Crippen LogP contribution is -2.08. The van der Waals surface area contributed by atoms with E-state index in [4.69, 9.17) is 4.42 Å². The minimum absolute atomic E-state index is 0.123. The van der Waals surface area contributed by atoms with Gasteiger partial charge in [0, 0.05) is 42.4 Å². The summed E-state index contributed by atoms with van der Waals surface area (Å²) in [6.07, 6.45) is 7.52. The highest BCUT2D eigenvalue weighted by atomic mass is 16.3. The van der Waals surface area contributed by atoms with Gasteiger partial charge in [0.2, 0.25) is 0 Å². The van der Waals surface area contributed by atoms with Crippen molar-refractivity contribution in [3.8, 4) is 11.3 Å². The number of nitrogens with zero attached hydrogens (tertiary/aromatic N) is 2. The molecule has 0 spiro atoms. The van der Waals surface area contributed by atoms with Crippen LogP contribution in [-0.2, 0) is 17.6 Å². The Labute approximate surface area is 145 Å². The second-order valence-electron chi connectivity index (χ2n) is 5.91. The number of pyridine rings is 2. The summed E-state index contributed by atoms with van der Waals surface area (Å²) in [5.74, 6) is 0.876. The average Bonchev–Trinajstić information content (AvgIpc) is 3.16. The van der Waals surface area contributed by atoms with Gasteiger partial charge in [-0.1, -0.05) is 24.3 Å². The maximum Gasteiger partial charge on any atom is 0.141 e. The molecule has 0 amide bonds. The number of carbonyl (C=O) groups excluding carboxylic acids is 1. The normalized spacial score (nSPS) is 10.9. The highest BCUT2D eigenvalue weighted by molar-refractivity contribution is 5.96. The lowest BCUT2D eigenvalue weighted by atomic mass is 9.96. The number of aromatic nitrogens is 2. The minimum Gasteiger partial charge on any atom is -0.464 e. The number of carbonyl (C=O) groups is 1. The second-order valence-corrected chi connectivity index (χ2v) is 5.91. The Morgan fingerprint density at radius 1 is 0.960 bits per heavy atom. The van der Waals surface area contributed by atoms with E-state index >= 15 is 0 Å². The molecule has 0 bridgehead atoms. The van der Waals surface area contributed by atoms with E-state index in [0.29, 0.717) is 12.8 Å². The molecule has 122 valence electrons. The summed E-state index contributed by atoms with van der Waals surface area (Å²) in [5.41, 5.74) is 3.62. The van der Waals surface area contributed by atoms with Gasteiger partial charge in [-0.05, 0) is 35.4 Å². The first-order valence-corrected chi connectivity index (χ1v) is 8.12. The molecule has 3 heterocycles. The number of rotatable bonds is 5. The van der Waals surface area contributed by atoms with E-state index in [1.54, 1.807) is 24.9 Å². The third-order valence-corrected chi connectivity index (χ3v) is 4.13. The van der Waals surface area contributed by atoms with Gasteiger partial charge in [0.1, 0.15) is 11.5 Å². The number of fused-ring (bicyclic) bond motifs is 1. The topological polar surface area (TPSA) is 56.0 Å². The van der Waals surface area contributed by atoms with Crippen molar-refractivity contribution in [3.63, 3.8) is 0 Å². The fourth-order valence-electron chi connectivity index (χ4n) is 3.03. The van der Waals surface area contributed by atoms with Crippen molar-refractivity contribution in [3.05, 3.63) is 84.5 Å². The molecule has 0 radical (unpaired) electrons. The summed E-state index contributed by atoms with van der Waals surface area (Å²) in [6, 6.07) is 15.4. The molecule has 0 saturated heterocycles. The first-order valence-electron chi connectivity index (χ1n) is 8.12. The zero-order valence-corrected chi connectivity index (χ0v) is 13.6. The zero-order valence-electron chi connectivity index (χ0n) is 13.6. The predicted octanol–water partition coefficient (Wildman–Crippen LogP) is 4.24. The van der Waals surface area contributed by atoms with Crippen LogP contribution in [0.4, 0.5) is 0 Å². The van der Waals surface area contributed by atoms with Crippen LogP contribution in [0.5, 0.6) is 0 Å². The number of Topliss-reactive ketones (excluding diaryl/α,β-unsaturated/α-hetero) is 1. The van der Waals surface area contributed by atoms with Crippen LogP contribution in [0, 0.1) is 0 Å². The van der Waals surface area contributed by atoms with E-state index in [0.717, 1.165) is 33.4 Å². The quantitative estimate of drug-likeness (QED) is 0.550. The predicted molar refractivity (Wildman–Crippen MR) is 96.1 cm³/mol. The smallest absolute Gasteiger partial charge is 0.141 e. The molecule has 25 heavy (non-hydrogen) atoms. The minimum atomic E-state index is 0.123. The number of para-hydroxylation sites is 1. The Morgan fingerprint density at radius 3 is 2.68 bits per heavy atom. The molecule has 4 heteroatoms. The lowest BCUT2D eigenvalue weighted by Gasteiger charge is -2.10. The van der Waals surface area contributed by atoms with Crippen LogP contribution in [0.15, 0.2) is 77.8 Å². The average molecular weight is 328 g/mol. The summed E-state index contributed by atoms with van der Waals surface area (Å²) < 4.78 is 5.62. The molecule has 0 saturated carbocycles. The van der Waals surface area contributed by atoms with Crippen molar-refractivity contribution in [2.24, 2.45) is 0 Å². The molecular formula is C21H16N2O2. The number of benzene rings is 1. The van der Waals surface area contributed by atoms with Crippen LogP contribution in [0.1, 0.15) is 11.1 Å². The molecule has 4 nitrogen and oxygen atoms in total. The molecule has 4 rings (SSSR count). The Balaban J connectivity index is 1.72. The molecule has 0 atom stereocenters. The number of hydrogen-bond acceptors (Lipinski definition) is 4. The SMILES string of the molecule is O=C(Cc1cccnc1)Cc1cnc2ccccc2c1-c1ccco1. The van der Waals surface area contributed by atoms with Crippen molar-refractivity contribution in [1.82, 2.24) is 9.97 Å². The summed E-state index contributed by atoms with van der Waals surface area (Å²) in [4.78, 5) is 21.1. The lowest BCUT2D eigenvalue weighted by molar-refractivity contribution is -0.117. The van der Waals surface area contributed by atoms with Crippen molar-refractivity contribution in [1.29, 1.82) is 0 Å². The molecule has 1 aromatic carbocycles. The van der Waals surface area contributed by atoms with Crippen molar-refractivity contribution in [2.45, 2.75) is 12.8 Å². The monoisotopic (exact) mass is 328 g/mol. The fourth-order valence-corrected chi connectivity index (χ4v) is 3.03. The molecule has 0 aliphatic rings. The van der Waals surface area contributed by atoms with E-state index in [1.165, 1.54) is 0 Å². The van der Waals surface area contributed by atoms with E-state index in [-0.39, 0.29) is 5.78 Å². The van der Waals surface area contributed by atoms with Gasteiger partial charge < -0.3 is 4.42 Å². The van der Waals surface area contributed by atoms with Gasteiger partial charge in [-0.2, -0.15) is 0 Å². The largest absolute Gasteiger partial charge is 0.464 e. The Bertz CT molecular complexity index is 1010. The van der Waals surface area contributed by atoms with Gasteiger partial charge >= 0.3 is 0 Å².